The van der Waals surface area contributed by atoms with Gasteiger partial charge in [-0.1, -0.05) is 25.7 Å². The summed E-state index contributed by atoms with van der Waals surface area (Å²) in [6.07, 6.45) is 6.55. The van der Waals surface area contributed by atoms with E-state index >= 15 is 0 Å². The summed E-state index contributed by atoms with van der Waals surface area (Å²) in [7, 11) is -2.08. The molecule has 0 aromatic carbocycles. The molecule has 2 atom stereocenters. The molecule has 2 fully saturated rings. The SMILES string of the molecule is COC(=O)C1CCCC1S(=O)(=O)NCCC1CCC1. The van der Waals surface area contributed by atoms with Crippen LogP contribution in [0.15, 0.2) is 0 Å². The summed E-state index contributed by atoms with van der Waals surface area (Å²) >= 11 is 0. The van der Waals surface area contributed by atoms with Crippen molar-refractivity contribution >= 4 is 16.0 Å². The van der Waals surface area contributed by atoms with Crippen LogP contribution in [0.5, 0.6) is 0 Å². The highest BCUT2D eigenvalue weighted by Gasteiger charge is 2.42. The van der Waals surface area contributed by atoms with Gasteiger partial charge in [0.2, 0.25) is 10.0 Å². The molecule has 0 spiro atoms. The molecule has 2 rings (SSSR count). The van der Waals surface area contributed by atoms with Crippen molar-refractivity contribution in [2.45, 2.75) is 50.2 Å². The largest absolute Gasteiger partial charge is 0.469 e. The van der Waals surface area contributed by atoms with E-state index in [4.69, 9.17) is 4.74 Å². The van der Waals surface area contributed by atoms with E-state index in [9.17, 15) is 13.2 Å². The molecular formula is C13H23NO4S. The summed E-state index contributed by atoms with van der Waals surface area (Å²) in [5.74, 6) is -0.208. The number of esters is 1. The number of carbonyl (C=O) groups excluding carboxylic acids is 1. The Labute approximate surface area is 115 Å². The number of nitrogens with one attached hydrogen (secondary N) is 1. The first kappa shape index (κ1) is 14.8. The van der Waals surface area contributed by atoms with Crippen molar-refractivity contribution in [3.05, 3.63) is 0 Å². The minimum Gasteiger partial charge on any atom is -0.469 e. The molecule has 0 aromatic rings. The molecule has 0 amide bonds. The topological polar surface area (TPSA) is 72.5 Å². The summed E-state index contributed by atoms with van der Waals surface area (Å²) in [5.41, 5.74) is 0. The maximum absolute atomic E-state index is 12.2. The zero-order valence-electron chi connectivity index (χ0n) is 11.4. The number of rotatable bonds is 6. The van der Waals surface area contributed by atoms with Crippen molar-refractivity contribution in [1.82, 2.24) is 4.72 Å². The molecule has 0 bridgehead atoms. The molecule has 6 heteroatoms. The molecule has 0 heterocycles. The van der Waals surface area contributed by atoms with E-state index in [0.29, 0.717) is 25.3 Å². The Morgan fingerprint density at radius 1 is 1.21 bits per heavy atom. The smallest absolute Gasteiger partial charge is 0.310 e. The third-order valence-electron chi connectivity index (χ3n) is 4.44. The van der Waals surface area contributed by atoms with Gasteiger partial charge in [-0.3, -0.25) is 4.79 Å². The molecule has 0 saturated heterocycles. The normalized spacial score (nSPS) is 28.1. The summed E-state index contributed by atoms with van der Waals surface area (Å²) < 4.78 is 31.8. The van der Waals surface area contributed by atoms with Crippen LogP contribution >= 0.6 is 0 Å². The number of sulfonamides is 1. The standard InChI is InChI=1S/C13H23NO4S/c1-18-13(15)11-6-3-7-12(11)19(16,17)14-9-8-10-4-2-5-10/h10-12,14H,2-9H2,1H3. The van der Waals surface area contributed by atoms with E-state index in [2.05, 4.69) is 4.72 Å². The van der Waals surface area contributed by atoms with E-state index < -0.39 is 27.2 Å². The Kier molecular flexibility index (Phi) is 4.84. The Morgan fingerprint density at radius 2 is 1.89 bits per heavy atom. The lowest BCUT2D eigenvalue weighted by molar-refractivity contribution is -0.145. The molecule has 0 aromatic heterocycles. The van der Waals surface area contributed by atoms with Crippen LogP contribution in [0.1, 0.15) is 44.9 Å². The average Bonchev–Trinajstić information content (AvgIpc) is 2.81. The maximum atomic E-state index is 12.2. The van der Waals surface area contributed by atoms with Gasteiger partial charge in [-0.05, 0) is 25.2 Å². The quantitative estimate of drug-likeness (QED) is 0.751. The van der Waals surface area contributed by atoms with Gasteiger partial charge in [-0.25, -0.2) is 13.1 Å². The van der Waals surface area contributed by atoms with Crippen LogP contribution in [0, 0.1) is 11.8 Å². The van der Waals surface area contributed by atoms with Crippen LogP contribution in [0.2, 0.25) is 0 Å². The zero-order valence-corrected chi connectivity index (χ0v) is 12.2. The van der Waals surface area contributed by atoms with Gasteiger partial charge in [0.05, 0.1) is 18.3 Å². The average molecular weight is 289 g/mol. The highest BCUT2D eigenvalue weighted by atomic mass is 32.2. The summed E-state index contributed by atoms with van der Waals surface area (Å²) in [5, 5.41) is -0.610. The third kappa shape index (κ3) is 3.48. The van der Waals surface area contributed by atoms with E-state index in [1.54, 1.807) is 0 Å². The molecule has 5 nitrogen and oxygen atoms in total. The molecule has 110 valence electrons. The van der Waals surface area contributed by atoms with Crippen molar-refractivity contribution in [2.75, 3.05) is 13.7 Å². The van der Waals surface area contributed by atoms with Gasteiger partial charge in [0, 0.05) is 6.54 Å². The zero-order chi connectivity index (χ0) is 13.9. The minimum absolute atomic E-state index is 0.396. The van der Waals surface area contributed by atoms with Gasteiger partial charge in [0.15, 0.2) is 0 Å². The highest BCUT2D eigenvalue weighted by molar-refractivity contribution is 7.90. The van der Waals surface area contributed by atoms with Crippen LogP contribution in [0.4, 0.5) is 0 Å². The summed E-state index contributed by atoms with van der Waals surface area (Å²) in [6, 6.07) is 0. The monoisotopic (exact) mass is 289 g/mol. The Bertz CT molecular complexity index is 416. The number of ether oxygens (including phenoxy) is 1. The highest BCUT2D eigenvalue weighted by Crippen LogP contribution is 2.32. The second kappa shape index (κ2) is 6.22. The lowest BCUT2D eigenvalue weighted by Crippen LogP contribution is -2.40. The summed E-state index contributed by atoms with van der Waals surface area (Å²) in [4.78, 5) is 11.6. The van der Waals surface area contributed by atoms with Crippen molar-refractivity contribution in [3.8, 4) is 0 Å². The molecule has 1 N–H and O–H groups in total. The number of methoxy groups -OCH3 is 1. The van der Waals surface area contributed by atoms with Gasteiger partial charge in [-0.15, -0.1) is 0 Å². The van der Waals surface area contributed by atoms with Gasteiger partial charge in [-0.2, -0.15) is 0 Å². The van der Waals surface area contributed by atoms with E-state index in [1.165, 1.54) is 26.4 Å². The van der Waals surface area contributed by atoms with Crippen molar-refractivity contribution in [3.63, 3.8) is 0 Å². The fourth-order valence-corrected chi connectivity index (χ4v) is 4.79. The minimum atomic E-state index is -3.39. The predicted octanol–water partition coefficient (Wildman–Crippen LogP) is 1.44. The molecule has 2 aliphatic rings. The number of hydrogen-bond donors (Lipinski definition) is 1. The molecule has 2 aliphatic carbocycles. The molecule has 0 aliphatic heterocycles. The second-order valence-electron chi connectivity index (χ2n) is 5.62. The van der Waals surface area contributed by atoms with Crippen LogP contribution in [0.3, 0.4) is 0 Å². The first-order valence-corrected chi connectivity index (χ1v) is 8.65. The number of hydrogen-bond acceptors (Lipinski definition) is 4. The van der Waals surface area contributed by atoms with Crippen LogP contribution < -0.4 is 4.72 Å². The van der Waals surface area contributed by atoms with Gasteiger partial charge >= 0.3 is 5.97 Å². The predicted molar refractivity (Wildman–Crippen MR) is 72.0 cm³/mol. The summed E-state index contributed by atoms with van der Waals surface area (Å²) in [6.45, 7) is 0.497. The Balaban J connectivity index is 1.88. The first-order chi connectivity index (χ1) is 9.04. The molecule has 2 saturated carbocycles. The third-order valence-corrected chi connectivity index (χ3v) is 6.40. The molecular weight excluding hydrogens is 266 g/mol. The lowest BCUT2D eigenvalue weighted by atomic mass is 9.83. The van der Waals surface area contributed by atoms with Crippen molar-refractivity contribution < 1.29 is 17.9 Å². The van der Waals surface area contributed by atoms with E-state index in [-0.39, 0.29) is 0 Å². The van der Waals surface area contributed by atoms with Crippen LogP contribution in [0.25, 0.3) is 0 Å². The fourth-order valence-electron chi connectivity index (χ4n) is 3.01. The first-order valence-electron chi connectivity index (χ1n) is 7.11. The van der Waals surface area contributed by atoms with Gasteiger partial charge < -0.3 is 4.74 Å². The molecule has 2 unspecified atom stereocenters. The fraction of sp³-hybridized carbons (Fsp3) is 0.923. The number of carbonyl (C=O) groups is 1. The molecule has 0 radical (unpaired) electrons. The van der Waals surface area contributed by atoms with E-state index in [0.717, 1.165) is 12.8 Å². The van der Waals surface area contributed by atoms with Crippen LogP contribution in [-0.2, 0) is 19.6 Å². The second-order valence-corrected chi connectivity index (χ2v) is 7.61. The lowest BCUT2D eigenvalue weighted by Gasteiger charge is -2.25. The van der Waals surface area contributed by atoms with Crippen molar-refractivity contribution in [2.24, 2.45) is 11.8 Å². The van der Waals surface area contributed by atoms with Gasteiger partial charge in [0.25, 0.3) is 0 Å². The molecule has 19 heavy (non-hydrogen) atoms. The Hall–Kier alpha value is -0.620. The van der Waals surface area contributed by atoms with Crippen LogP contribution in [-0.4, -0.2) is 33.3 Å². The van der Waals surface area contributed by atoms with E-state index in [1.807, 2.05) is 0 Å². The maximum Gasteiger partial charge on any atom is 0.310 e. The van der Waals surface area contributed by atoms with Crippen molar-refractivity contribution in [1.29, 1.82) is 0 Å². The van der Waals surface area contributed by atoms with Gasteiger partial charge in [0.1, 0.15) is 0 Å². The Morgan fingerprint density at radius 3 is 2.47 bits per heavy atom.